The minimum absolute atomic E-state index is 0.0313. The molecule has 0 atom stereocenters. The maximum Gasteiger partial charge on any atom is 0.333 e. The third-order valence-electron chi connectivity index (χ3n) is 12.7. The molecule has 0 aliphatic carbocycles. The van der Waals surface area contributed by atoms with Gasteiger partial charge in [0, 0.05) is 69.2 Å². The second-order valence-electron chi connectivity index (χ2n) is 16.5. The number of benzene rings is 7. The normalized spacial score (nSPS) is 13.0. The highest BCUT2D eigenvalue weighted by molar-refractivity contribution is 7.26. The van der Waals surface area contributed by atoms with Crippen LogP contribution in [0, 0.1) is 41.5 Å². The first kappa shape index (κ1) is 33.3. The highest BCUT2D eigenvalue weighted by Crippen LogP contribution is 2.52. The van der Waals surface area contributed by atoms with Gasteiger partial charge in [-0.05, 0) is 133 Å². The SMILES string of the molecule is Cc1cc(C)c(-c2cccc(N3c4cc(-c5c(C)cc(C)cc5C)ccc4B4c5c3csc5-c3cc5sc6ccccc6c5c5c6ccccc6n4c35)c2)c(C)c1. The van der Waals surface area contributed by atoms with Crippen LogP contribution in [-0.4, -0.2) is 11.3 Å². The number of nitrogens with zero attached hydrogens (tertiary/aromatic N) is 2. The number of rotatable bonds is 3. The number of thiophene rings is 2. The molecule has 0 unspecified atom stereocenters. The number of para-hydroxylation sites is 1. The first-order valence-electron chi connectivity index (χ1n) is 19.9. The summed E-state index contributed by atoms with van der Waals surface area (Å²) in [4.78, 5) is 3.97. The summed E-state index contributed by atoms with van der Waals surface area (Å²) in [5, 5.41) is 7.91. The maximum absolute atomic E-state index is 2.71. The molecular formula is C52H39BN2S2. The molecule has 0 spiro atoms. The molecule has 57 heavy (non-hydrogen) atoms. The van der Waals surface area contributed by atoms with Crippen molar-refractivity contribution in [3.63, 3.8) is 0 Å². The largest absolute Gasteiger partial charge is 0.375 e. The van der Waals surface area contributed by atoms with Gasteiger partial charge in [0.05, 0.1) is 5.69 Å². The summed E-state index contributed by atoms with van der Waals surface area (Å²) in [6.45, 7) is 13.5. The lowest BCUT2D eigenvalue weighted by molar-refractivity contribution is 1.26. The van der Waals surface area contributed by atoms with Gasteiger partial charge in [0.2, 0.25) is 0 Å². The van der Waals surface area contributed by atoms with Crippen molar-refractivity contribution in [3.8, 4) is 32.7 Å². The van der Waals surface area contributed by atoms with E-state index in [0.717, 1.165) is 0 Å². The van der Waals surface area contributed by atoms with E-state index in [1.54, 1.807) is 0 Å². The number of hydrogen-bond acceptors (Lipinski definition) is 3. The molecule has 5 heterocycles. The Labute approximate surface area is 341 Å². The number of aryl methyl sites for hydroxylation is 6. The van der Waals surface area contributed by atoms with E-state index in [1.807, 2.05) is 22.7 Å². The molecule has 0 fully saturated rings. The number of anilines is 3. The fourth-order valence-corrected chi connectivity index (χ4v) is 13.1. The van der Waals surface area contributed by atoms with Gasteiger partial charge in [-0.3, -0.25) is 0 Å². The van der Waals surface area contributed by atoms with Crippen molar-refractivity contribution in [2.45, 2.75) is 41.5 Å². The number of aromatic nitrogens is 1. The number of hydrogen-bond donors (Lipinski definition) is 0. The molecule has 0 radical (unpaired) electrons. The fourth-order valence-electron chi connectivity index (χ4n) is 10.9. The molecule has 2 aliphatic heterocycles. The van der Waals surface area contributed by atoms with Gasteiger partial charge in [-0.25, -0.2) is 0 Å². The lowest BCUT2D eigenvalue weighted by atomic mass is 9.46. The first-order chi connectivity index (χ1) is 27.7. The lowest BCUT2D eigenvalue weighted by Gasteiger charge is -2.38. The van der Waals surface area contributed by atoms with E-state index in [9.17, 15) is 0 Å². The van der Waals surface area contributed by atoms with Crippen molar-refractivity contribution in [1.82, 2.24) is 4.48 Å². The van der Waals surface area contributed by atoms with Crippen LogP contribution in [0.3, 0.4) is 0 Å². The highest BCUT2D eigenvalue weighted by Gasteiger charge is 2.44. The zero-order chi connectivity index (χ0) is 38.4. The second kappa shape index (κ2) is 11.8. The van der Waals surface area contributed by atoms with Crippen molar-refractivity contribution in [2.24, 2.45) is 0 Å². The first-order valence-corrected chi connectivity index (χ1v) is 21.6. The third-order valence-corrected chi connectivity index (χ3v) is 14.9. The third kappa shape index (κ3) is 4.53. The minimum Gasteiger partial charge on any atom is -0.375 e. The van der Waals surface area contributed by atoms with E-state index in [0.29, 0.717) is 0 Å². The summed E-state index contributed by atoms with van der Waals surface area (Å²) in [6, 6.07) is 46.5. The summed E-state index contributed by atoms with van der Waals surface area (Å²) in [6.07, 6.45) is 0. The average molecular weight is 767 g/mol. The molecule has 2 aliphatic rings. The van der Waals surface area contributed by atoms with Crippen molar-refractivity contribution < 1.29 is 0 Å². The van der Waals surface area contributed by atoms with Crippen molar-refractivity contribution in [3.05, 3.63) is 160 Å². The second-order valence-corrected chi connectivity index (χ2v) is 18.4. The Bertz CT molecular complexity index is 3350. The van der Waals surface area contributed by atoms with E-state index in [1.165, 1.54) is 136 Å². The number of fused-ring (bicyclic) bond motifs is 11. The van der Waals surface area contributed by atoms with Gasteiger partial charge in [-0.15, -0.1) is 22.7 Å². The van der Waals surface area contributed by atoms with E-state index in [-0.39, 0.29) is 6.85 Å². The van der Waals surface area contributed by atoms with E-state index in [4.69, 9.17) is 0 Å². The van der Waals surface area contributed by atoms with Crippen LogP contribution < -0.4 is 15.8 Å². The highest BCUT2D eigenvalue weighted by atomic mass is 32.1. The molecule has 5 heteroatoms. The van der Waals surface area contributed by atoms with Crippen LogP contribution >= 0.6 is 22.7 Å². The molecule has 0 bridgehead atoms. The van der Waals surface area contributed by atoms with Gasteiger partial charge < -0.3 is 9.38 Å². The summed E-state index contributed by atoms with van der Waals surface area (Å²) in [5.41, 5.74) is 23.5. The van der Waals surface area contributed by atoms with Gasteiger partial charge in [0.15, 0.2) is 0 Å². The molecule has 7 aromatic carbocycles. The van der Waals surface area contributed by atoms with Crippen LogP contribution in [-0.2, 0) is 0 Å². The maximum atomic E-state index is 2.71. The van der Waals surface area contributed by atoms with Gasteiger partial charge in [-0.1, -0.05) is 96.1 Å². The molecule has 0 saturated carbocycles. The zero-order valence-corrected chi connectivity index (χ0v) is 34.5. The minimum atomic E-state index is 0.0313. The van der Waals surface area contributed by atoms with Crippen LogP contribution in [0.25, 0.3) is 74.7 Å². The molecule has 10 aromatic rings. The Morgan fingerprint density at radius 1 is 0.544 bits per heavy atom. The lowest BCUT2D eigenvalue weighted by Crippen LogP contribution is -2.55. The van der Waals surface area contributed by atoms with Crippen molar-refractivity contribution in [1.29, 1.82) is 0 Å². The quantitative estimate of drug-likeness (QED) is 0.163. The van der Waals surface area contributed by atoms with Crippen LogP contribution in [0.15, 0.2) is 127 Å². The molecule has 2 nitrogen and oxygen atoms in total. The standard InChI is InChI=1S/C52H39BN2S2/c1-28-20-30(3)46(31(4)21-28)34-12-11-13-36(24-34)54-42-25-35(47-32(5)22-29(2)23-33(47)6)18-19-40(42)53-50-43(54)27-56-52(50)39-26-45-48(38-15-8-10-17-44(38)57-45)49-37-14-7-9-16-41(37)55(53)51(39)49/h7-27H,1-6H3. The van der Waals surface area contributed by atoms with Crippen molar-refractivity contribution >= 4 is 99.5 Å². The van der Waals surface area contributed by atoms with Crippen LogP contribution in [0.5, 0.6) is 0 Å². The Morgan fingerprint density at radius 2 is 1.21 bits per heavy atom. The van der Waals surface area contributed by atoms with Gasteiger partial charge in [0.1, 0.15) is 0 Å². The summed E-state index contributed by atoms with van der Waals surface area (Å²) in [5.74, 6) is 0. The van der Waals surface area contributed by atoms with E-state index >= 15 is 0 Å². The van der Waals surface area contributed by atoms with Crippen LogP contribution in [0.1, 0.15) is 33.4 Å². The molecule has 272 valence electrons. The van der Waals surface area contributed by atoms with E-state index in [2.05, 4.69) is 178 Å². The Morgan fingerprint density at radius 3 is 1.95 bits per heavy atom. The topological polar surface area (TPSA) is 8.17 Å². The predicted octanol–water partition coefficient (Wildman–Crippen LogP) is 13.8. The molecule has 0 saturated heterocycles. The summed E-state index contributed by atoms with van der Waals surface area (Å²) >= 11 is 3.84. The predicted molar refractivity (Wildman–Crippen MR) is 250 cm³/mol. The summed E-state index contributed by atoms with van der Waals surface area (Å²) < 4.78 is 5.41. The van der Waals surface area contributed by atoms with Crippen LogP contribution in [0.4, 0.5) is 17.1 Å². The zero-order valence-electron chi connectivity index (χ0n) is 32.9. The molecule has 0 amide bonds. The molecule has 0 N–H and O–H groups in total. The average Bonchev–Trinajstić information content (AvgIpc) is 3.88. The van der Waals surface area contributed by atoms with Crippen LogP contribution in [0.2, 0.25) is 0 Å². The van der Waals surface area contributed by atoms with Gasteiger partial charge >= 0.3 is 6.85 Å². The van der Waals surface area contributed by atoms with E-state index < -0.39 is 0 Å². The smallest absolute Gasteiger partial charge is 0.333 e. The Kier molecular flexibility index (Phi) is 6.91. The summed E-state index contributed by atoms with van der Waals surface area (Å²) in [7, 11) is 0. The molecule has 12 rings (SSSR count). The van der Waals surface area contributed by atoms with Gasteiger partial charge in [0.25, 0.3) is 0 Å². The fraction of sp³-hybridized carbons (Fsp3) is 0.115. The molecule has 3 aromatic heterocycles. The molecular weight excluding hydrogens is 728 g/mol. The Balaban J connectivity index is 1.19. The van der Waals surface area contributed by atoms with Gasteiger partial charge in [-0.2, -0.15) is 0 Å². The Hall–Kier alpha value is -5.88. The monoisotopic (exact) mass is 766 g/mol. The van der Waals surface area contributed by atoms with Crippen molar-refractivity contribution in [2.75, 3.05) is 4.90 Å².